The Kier molecular flexibility index (Phi) is 6.36. The van der Waals surface area contributed by atoms with Gasteiger partial charge in [0.05, 0.1) is 12.8 Å². The number of carbonyl (C=O) groups excluding carboxylic acids is 1. The number of pyridine rings is 1. The van der Waals surface area contributed by atoms with Crippen LogP contribution in [-0.4, -0.2) is 23.8 Å². The van der Waals surface area contributed by atoms with Gasteiger partial charge < -0.3 is 9.30 Å². The first-order valence-electron chi connectivity index (χ1n) is 7.66. The van der Waals surface area contributed by atoms with Crippen LogP contribution in [0.5, 0.6) is 0 Å². The van der Waals surface area contributed by atoms with Crippen LogP contribution >= 0.6 is 0 Å². The molecule has 26 heavy (non-hydrogen) atoms. The molecule has 0 radical (unpaired) electrons. The third kappa shape index (κ3) is 4.62. The third-order valence-corrected chi connectivity index (χ3v) is 3.58. The van der Waals surface area contributed by atoms with E-state index in [1.807, 2.05) is 6.07 Å². The van der Waals surface area contributed by atoms with E-state index in [9.17, 15) is 19.2 Å². The smallest absolute Gasteiger partial charge is 0.269 e. The maximum absolute atomic E-state index is 12.8. The van der Waals surface area contributed by atoms with Crippen LogP contribution in [0.4, 0.5) is 4.39 Å². The normalized spacial score (nSPS) is 10.7. The minimum atomic E-state index is -0.558. The molecule has 0 bridgehead atoms. The fraction of sp³-hybridized carbons (Fsp3) is 0.222. The zero-order chi connectivity index (χ0) is 19.1. The predicted molar refractivity (Wildman–Crippen MR) is 93.0 cm³/mol. The molecule has 1 aromatic carbocycles. The molecule has 1 heterocycles. The first-order valence-corrected chi connectivity index (χ1v) is 7.66. The van der Waals surface area contributed by atoms with Crippen LogP contribution in [0.2, 0.25) is 0 Å². The van der Waals surface area contributed by atoms with Gasteiger partial charge >= 0.3 is 0 Å². The summed E-state index contributed by atoms with van der Waals surface area (Å²) in [6.07, 6.45) is 1.36. The zero-order valence-electron chi connectivity index (χ0n) is 14.3. The van der Waals surface area contributed by atoms with Gasteiger partial charge in [0.25, 0.3) is 11.5 Å². The molecule has 2 rings (SSSR count). The number of hydrogen-bond acceptors (Lipinski definition) is 5. The lowest BCUT2D eigenvalue weighted by Crippen LogP contribution is -2.33. The van der Waals surface area contributed by atoms with E-state index < -0.39 is 11.5 Å². The van der Waals surface area contributed by atoms with Gasteiger partial charge in [0, 0.05) is 18.4 Å². The Labute approximate surface area is 149 Å². The van der Waals surface area contributed by atoms with Crippen molar-refractivity contribution in [2.45, 2.75) is 20.1 Å². The molecule has 0 aliphatic rings. The van der Waals surface area contributed by atoms with Crippen molar-refractivity contribution in [3.05, 3.63) is 68.9 Å². The second-order valence-corrected chi connectivity index (χ2v) is 5.47. The Balaban J connectivity index is 2.12. The molecule has 0 atom stereocenters. The van der Waals surface area contributed by atoms with Crippen molar-refractivity contribution in [2.75, 3.05) is 7.11 Å². The average Bonchev–Trinajstić information content (AvgIpc) is 2.61. The number of nitrogens with one attached hydrogen (secondary N) is 1. The Morgan fingerprint density at radius 2 is 2.12 bits per heavy atom. The molecule has 1 aromatic heterocycles. The summed E-state index contributed by atoms with van der Waals surface area (Å²) < 4.78 is 19.0. The van der Waals surface area contributed by atoms with Gasteiger partial charge in [0.1, 0.15) is 24.0 Å². The monoisotopic (exact) mass is 356 g/mol. The summed E-state index contributed by atoms with van der Waals surface area (Å²) in [6.45, 7) is 1.51. The zero-order valence-corrected chi connectivity index (χ0v) is 14.3. The topological polar surface area (TPSA) is 96.5 Å². The van der Waals surface area contributed by atoms with E-state index in [1.165, 1.54) is 42.2 Å². The highest BCUT2D eigenvalue weighted by Crippen LogP contribution is 2.08. The van der Waals surface area contributed by atoms with Gasteiger partial charge in [-0.25, -0.2) is 9.82 Å². The molecular formula is C18H17FN4O3. The second kappa shape index (κ2) is 8.69. The van der Waals surface area contributed by atoms with Crippen molar-refractivity contribution in [2.24, 2.45) is 5.10 Å². The number of halogens is 1. The highest BCUT2D eigenvalue weighted by molar-refractivity contribution is 5.82. The van der Waals surface area contributed by atoms with Crippen molar-refractivity contribution in [3.63, 3.8) is 0 Å². The van der Waals surface area contributed by atoms with E-state index >= 15 is 0 Å². The lowest BCUT2D eigenvalue weighted by atomic mass is 10.1. The molecule has 7 nitrogen and oxygen atoms in total. The number of rotatable bonds is 6. The van der Waals surface area contributed by atoms with Gasteiger partial charge in [-0.3, -0.25) is 9.59 Å². The summed E-state index contributed by atoms with van der Waals surface area (Å²) in [5.41, 5.74) is 3.29. The molecule has 0 fully saturated rings. The summed E-state index contributed by atoms with van der Waals surface area (Å²) in [5, 5.41) is 13.0. The third-order valence-electron chi connectivity index (χ3n) is 3.58. The minimum Gasteiger partial charge on any atom is -0.380 e. The summed E-state index contributed by atoms with van der Waals surface area (Å²) in [4.78, 5) is 24.4. The lowest BCUT2D eigenvalue weighted by molar-refractivity contribution is -0.121. The van der Waals surface area contributed by atoms with Crippen LogP contribution < -0.4 is 11.0 Å². The minimum absolute atomic E-state index is 0.0555. The van der Waals surface area contributed by atoms with Crippen LogP contribution in [0.3, 0.4) is 0 Å². The Bertz CT molecular complexity index is 927. The molecule has 1 amide bonds. The van der Waals surface area contributed by atoms with Gasteiger partial charge in [0.15, 0.2) is 0 Å². The van der Waals surface area contributed by atoms with Crippen molar-refractivity contribution in [3.8, 4) is 6.07 Å². The molecule has 8 heteroatoms. The van der Waals surface area contributed by atoms with Crippen LogP contribution in [0.25, 0.3) is 0 Å². The first-order chi connectivity index (χ1) is 12.5. The molecule has 134 valence electrons. The molecule has 2 aromatic rings. The van der Waals surface area contributed by atoms with E-state index in [0.29, 0.717) is 16.8 Å². The van der Waals surface area contributed by atoms with Crippen molar-refractivity contribution >= 4 is 12.1 Å². The van der Waals surface area contributed by atoms with Crippen molar-refractivity contribution < 1.29 is 13.9 Å². The molecule has 0 aliphatic heterocycles. The van der Waals surface area contributed by atoms with E-state index in [-0.39, 0.29) is 24.5 Å². The van der Waals surface area contributed by atoms with Crippen molar-refractivity contribution in [1.82, 2.24) is 9.99 Å². The number of amides is 1. The predicted octanol–water partition coefficient (Wildman–Crippen LogP) is 1.46. The van der Waals surface area contributed by atoms with Crippen molar-refractivity contribution in [1.29, 1.82) is 5.26 Å². The Hall–Kier alpha value is -3.31. The highest BCUT2D eigenvalue weighted by atomic mass is 19.1. The van der Waals surface area contributed by atoms with E-state index in [1.54, 1.807) is 13.0 Å². The van der Waals surface area contributed by atoms with Gasteiger partial charge in [-0.1, -0.05) is 12.1 Å². The highest BCUT2D eigenvalue weighted by Gasteiger charge is 2.14. The molecule has 1 N–H and O–H groups in total. The average molecular weight is 356 g/mol. The number of hydrazone groups is 1. The van der Waals surface area contributed by atoms with Crippen LogP contribution in [0, 0.1) is 24.1 Å². The van der Waals surface area contributed by atoms with Crippen LogP contribution in [0.15, 0.2) is 40.2 Å². The largest absolute Gasteiger partial charge is 0.380 e. The van der Waals surface area contributed by atoms with E-state index in [4.69, 9.17) is 4.74 Å². The number of nitrogens with zero attached hydrogens (tertiary/aromatic N) is 3. The fourth-order valence-corrected chi connectivity index (χ4v) is 2.33. The number of nitriles is 1. The molecule has 0 saturated carbocycles. The summed E-state index contributed by atoms with van der Waals surface area (Å²) >= 11 is 0. The maximum atomic E-state index is 12.8. The van der Waals surface area contributed by atoms with E-state index in [0.717, 1.165) is 0 Å². The number of methoxy groups -OCH3 is 1. The molecule has 0 spiro atoms. The standard InChI is InChI=1S/C18H17FN4O3/c1-12-7-14(11-26-2)16(8-20)18(25)23(12)10-17(24)22-21-9-13-3-5-15(19)6-4-13/h3-7,9H,10-11H2,1-2H3,(H,22,24)/b21-9+. The van der Waals surface area contributed by atoms with Gasteiger partial charge in [0.2, 0.25) is 0 Å². The summed E-state index contributed by atoms with van der Waals surface area (Å²) in [6, 6.07) is 9.06. The molecule has 0 unspecified atom stereocenters. The molecule has 0 aliphatic carbocycles. The number of hydrogen-bond donors (Lipinski definition) is 1. The summed E-state index contributed by atoms with van der Waals surface area (Å²) in [5.74, 6) is -0.900. The first kappa shape index (κ1) is 19.0. The number of carbonyl (C=O) groups is 1. The van der Waals surface area contributed by atoms with E-state index in [2.05, 4.69) is 10.5 Å². The molecular weight excluding hydrogens is 339 g/mol. The van der Waals surface area contributed by atoms with Gasteiger partial charge in [-0.05, 0) is 30.7 Å². The second-order valence-electron chi connectivity index (χ2n) is 5.47. The Morgan fingerprint density at radius 3 is 2.73 bits per heavy atom. The number of aromatic nitrogens is 1. The van der Waals surface area contributed by atoms with Crippen LogP contribution in [0.1, 0.15) is 22.4 Å². The number of aryl methyl sites for hydroxylation is 1. The number of ether oxygens (including phenoxy) is 1. The quantitative estimate of drug-likeness (QED) is 0.626. The Morgan fingerprint density at radius 1 is 1.42 bits per heavy atom. The fourth-order valence-electron chi connectivity index (χ4n) is 2.33. The maximum Gasteiger partial charge on any atom is 0.269 e. The van der Waals surface area contributed by atoms with Gasteiger partial charge in [-0.2, -0.15) is 10.4 Å². The summed E-state index contributed by atoms with van der Waals surface area (Å²) in [7, 11) is 1.47. The van der Waals surface area contributed by atoms with Crippen LogP contribution in [-0.2, 0) is 22.7 Å². The van der Waals surface area contributed by atoms with Gasteiger partial charge in [-0.15, -0.1) is 0 Å². The molecule has 0 saturated heterocycles. The SMILES string of the molecule is COCc1cc(C)n(CC(=O)N/N=C/c2ccc(F)cc2)c(=O)c1C#N. The lowest BCUT2D eigenvalue weighted by Gasteiger charge is -2.12. The number of benzene rings is 1.